The lowest BCUT2D eigenvalue weighted by atomic mass is 10.1. The number of hydrogen-bond donors (Lipinski definition) is 2. The van der Waals surface area contributed by atoms with Crippen LogP contribution in [0.1, 0.15) is 11.6 Å². The molecule has 0 aliphatic carbocycles. The van der Waals surface area contributed by atoms with Crippen molar-refractivity contribution in [3.63, 3.8) is 0 Å². The molecule has 2 aromatic rings. The molecular formula is C14H11ClF2N2O. The largest absolute Gasteiger partial charge is 0.370 e. The second-order valence-corrected chi connectivity index (χ2v) is 4.54. The van der Waals surface area contributed by atoms with Gasteiger partial charge in [-0.3, -0.25) is 4.79 Å². The lowest BCUT2D eigenvalue weighted by molar-refractivity contribution is -0.118. The summed E-state index contributed by atoms with van der Waals surface area (Å²) in [4.78, 5) is 11.5. The molecule has 0 fully saturated rings. The van der Waals surface area contributed by atoms with E-state index in [0.717, 1.165) is 0 Å². The first-order valence-electron chi connectivity index (χ1n) is 5.74. The van der Waals surface area contributed by atoms with Gasteiger partial charge in [-0.1, -0.05) is 23.7 Å². The molecule has 3 nitrogen and oxygen atoms in total. The van der Waals surface area contributed by atoms with Crippen molar-refractivity contribution >= 4 is 23.2 Å². The van der Waals surface area contributed by atoms with Gasteiger partial charge in [-0.05, 0) is 30.3 Å². The van der Waals surface area contributed by atoms with Gasteiger partial charge < -0.3 is 11.1 Å². The van der Waals surface area contributed by atoms with Crippen molar-refractivity contribution < 1.29 is 13.6 Å². The minimum atomic E-state index is -1.10. The van der Waals surface area contributed by atoms with E-state index >= 15 is 0 Å². The second kappa shape index (κ2) is 5.88. The van der Waals surface area contributed by atoms with Crippen molar-refractivity contribution in [2.24, 2.45) is 5.73 Å². The Hall–Kier alpha value is -2.14. The van der Waals surface area contributed by atoms with E-state index in [-0.39, 0.29) is 10.6 Å². The van der Waals surface area contributed by atoms with Gasteiger partial charge in [0.1, 0.15) is 17.7 Å². The average Bonchev–Trinajstić information content (AvgIpc) is 2.41. The molecule has 1 amide bonds. The highest BCUT2D eigenvalue weighted by molar-refractivity contribution is 6.30. The van der Waals surface area contributed by atoms with Crippen molar-refractivity contribution in [2.45, 2.75) is 6.04 Å². The highest BCUT2D eigenvalue weighted by Crippen LogP contribution is 2.26. The zero-order chi connectivity index (χ0) is 14.7. The Kier molecular flexibility index (Phi) is 4.20. The highest BCUT2D eigenvalue weighted by Gasteiger charge is 2.22. The van der Waals surface area contributed by atoms with E-state index in [9.17, 15) is 13.6 Å². The first-order valence-corrected chi connectivity index (χ1v) is 6.12. The predicted molar refractivity (Wildman–Crippen MR) is 73.4 cm³/mol. The Bertz CT molecular complexity index is 632. The minimum Gasteiger partial charge on any atom is -0.370 e. The quantitative estimate of drug-likeness (QED) is 0.910. The molecule has 2 aromatic carbocycles. The third-order valence-electron chi connectivity index (χ3n) is 2.73. The molecule has 0 saturated heterocycles. The van der Waals surface area contributed by atoms with Crippen LogP contribution >= 0.6 is 11.6 Å². The molecule has 2 rings (SSSR count). The van der Waals surface area contributed by atoms with Gasteiger partial charge >= 0.3 is 0 Å². The highest BCUT2D eigenvalue weighted by atomic mass is 35.5. The Morgan fingerprint density at radius 3 is 2.40 bits per heavy atom. The van der Waals surface area contributed by atoms with Gasteiger partial charge in [0.15, 0.2) is 0 Å². The van der Waals surface area contributed by atoms with Gasteiger partial charge in [0.2, 0.25) is 5.91 Å². The summed E-state index contributed by atoms with van der Waals surface area (Å²) in [7, 11) is 0. The Balaban J connectivity index is 2.34. The van der Waals surface area contributed by atoms with Crippen LogP contribution in [0.25, 0.3) is 0 Å². The number of nitrogens with two attached hydrogens (primary N) is 1. The lowest BCUT2D eigenvalue weighted by Crippen LogP contribution is -2.28. The Labute approximate surface area is 119 Å². The normalized spacial score (nSPS) is 11.9. The van der Waals surface area contributed by atoms with Crippen LogP contribution in [0.15, 0.2) is 42.5 Å². The fourth-order valence-electron chi connectivity index (χ4n) is 1.76. The van der Waals surface area contributed by atoms with E-state index in [2.05, 4.69) is 5.32 Å². The zero-order valence-electron chi connectivity index (χ0n) is 10.2. The summed E-state index contributed by atoms with van der Waals surface area (Å²) in [6, 6.07) is 8.48. The maximum absolute atomic E-state index is 13.9. The van der Waals surface area contributed by atoms with Crippen LogP contribution < -0.4 is 11.1 Å². The molecule has 1 unspecified atom stereocenters. The second-order valence-electron chi connectivity index (χ2n) is 4.13. The molecule has 0 saturated carbocycles. The number of nitrogens with one attached hydrogen (secondary N) is 1. The number of carbonyl (C=O) groups is 1. The van der Waals surface area contributed by atoms with Crippen molar-refractivity contribution in [1.29, 1.82) is 0 Å². The lowest BCUT2D eigenvalue weighted by Gasteiger charge is -2.18. The number of hydrogen-bond acceptors (Lipinski definition) is 2. The van der Waals surface area contributed by atoms with E-state index in [1.54, 1.807) is 0 Å². The maximum Gasteiger partial charge on any atom is 0.244 e. The number of primary amides is 1. The van der Waals surface area contributed by atoms with E-state index < -0.39 is 23.6 Å². The summed E-state index contributed by atoms with van der Waals surface area (Å²) in [5, 5.41) is 2.65. The molecule has 20 heavy (non-hydrogen) atoms. The van der Waals surface area contributed by atoms with E-state index in [1.807, 2.05) is 0 Å². The molecule has 0 aromatic heterocycles. The summed E-state index contributed by atoms with van der Waals surface area (Å²) in [6.45, 7) is 0. The molecule has 1 atom stereocenters. The summed E-state index contributed by atoms with van der Waals surface area (Å²) < 4.78 is 26.8. The summed E-state index contributed by atoms with van der Waals surface area (Å²) in [6.07, 6.45) is 0. The summed E-state index contributed by atoms with van der Waals surface area (Å²) in [5.74, 6) is -1.90. The number of halogens is 3. The van der Waals surface area contributed by atoms with E-state index in [1.165, 1.54) is 42.5 Å². The van der Waals surface area contributed by atoms with Crippen LogP contribution in [0.4, 0.5) is 14.5 Å². The molecular weight excluding hydrogens is 286 g/mol. The molecule has 0 bridgehead atoms. The topological polar surface area (TPSA) is 55.1 Å². The van der Waals surface area contributed by atoms with Gasteiger partial charge in [0, 0.05) is 11.3 Å². The fraction of sp³-hybridized carbons (Fsp3) is 0.0714. The predicted octanol–water partition coefficient (Wildman–Crippen LogP) is 3.26. The van der Waals surface area contributed by atoms with Crippen molar-refractivity contribution in [2.75, 3.05) is 5.32 Å². The average molecular weight is 297 g/mol. The number of carbonyl (C=O) groups excluding carboxylic acids is 1. The molecule has 0 spiro atoms. The molecule has 6 heteroatoms. The third kappa shape index (κ3) is 3.05. The maximum atomic E-state index is 13.9. The smallest absolute Gasteiger partial charge is 0.244 e. The standard InChI is InChI=1S/C14H11ClF2N2O/c15-11-3-1-2-10(12(11)17)13(14(18)20)19-9-6-4-8(16)5-7-9/h1-7,13,19H,(H2,18,20). The van der Waals surface area contributed by atoms with Gasteiger partial charge in [0.05, 0.1) is 5.02 Å². The molecule has 3 N–H and O–H groups in total. The number of amides is 1. The van der Waals surface area contributed by atoms with Crippen LogP contribution in [0.5, 0.6) is 0 Å². The summed E-state index contributed by atoms with van der Waals surface area (Å²) >= 11 is 5.68. The molecule has 0 aliphatic rings. The molecule has 0 radical (unpaired) electrons. The van der Waals surface area contributed by atoms with E-state index in [4.69, 9.17) is 17.3 Å². The molecule has 104 valence electrons. The zero-order valence-corrected chi connectivity index (χ0v) is 11.0. The Morgan fingerprint density at radius 2 is 1.80 bits per heavy atom. The number of rotatable bonds is 4. The van der Waals surface area contributed by atoms with Crippen LogP contribution in [-0.2, 0) is 4.79 Å². The summed E-state index contributed by atoms with van der Waals surface area (Å²) in [5.41, 5.74) is 5.76. The van der Waals surface area contributed by atoms with Crippen LogP contribution in [0, 0.1) is 11.6 Å². The SMILES string of the molecule is NC(=O)C(Nc1ccc(F)cc1)c1cccc(Cl)c1F. The third-order valence-corrected chi connectivity index (χ3v) is 3.02. The van der Waals surface area contributed by atoms with Crippen molar-refractivity contribution in [3.8, 4) is 0 Å². The molecule has 0 heterocycles. The minimum absolute atomic E-state index is 0.0364. The number of anilines is 1. The van der Waals surface area contributed by atoms with E-state index in [0.29, 0.717) is 5.69 Å². The molecule has 0 aliphatic heterocycles. The van der Waals surface area contributed by atoms with Crippen molar-refractivity contribution in [3.05, 3.63) is 64.7 Å². The fourth-order valence-corrected chi connectivity index (χ4v) is 1.94. The van der Waals surface area contributed by atoms with Crippen molar-refractivity contribution in [1.82, 2.24) is 0 Å². The van der Waals surface area contributed by atoms with Gasteiger partial charge in [0.25, 0.3) is 0 Å². The van der Waals surface area contributed by atoms with Crippen LogP contribution in [0.2, 0.25) is 5.02 Å². The van der Waals surface area contributed by atoms with Crippen LogP contribution in [0.3, 0.4) is 0 Å². The van der Waals surface area contributed by atoms with Gasteiger partial charge in [-0.2, -0.15) is 0 Å². The van der Waals surface area contributed by atoms with Gasteiger partial charge in [-0.25, -0.2) is 8.78 Å². The first-order chi connectivity index (χ1) is 9.49. The van der Waals surface area contributed by atoms with Gasteiger partial charge in [-0.15, -0.1) is 0 Å². The Morgan fingerprint density at radius 1 is 1.15 bits per heavy atom. The number of benzene rings is 2. The first kappa shape index (κ1) is 14.3. The monoisotopic (exact) mass is 296 g/mol. The van der Waals surface area contributed by atoms with Crippen LogP contribution in [-0.4, -0.2) is 5.91 Å².